The molecule has 1 heterocycles. The molecule has 3 nitrogen and oxygen atoms in total. The third-order valence-electron chi connectivity index (χ3n) is 2.63. The van der Waals surface area contributed by atoms with Gasteiger partial charge in [0.05, 0.1) is 24.7 Å². The minimum absolute atomic E-state index is 0.0612. The van der Waals surface area contributed by atoms with Gasteiger partial charge in [0.2, 0.25) is 0 Å². The monoisotopic (exact) mass is 220 g/mol. The van der Waals surface area contributed by atoms with E-state index in [1.165, 1.54) is 0 Å². The van der Waals surface area contributed by atoms with Crippen LogP contribution in [0.2, 0.25) is 0 Å². The van der Waals surface area contributed by atoms with Gasteiger partial charge in [-0.1, -0.05) is 19.9 Å². The van der Waals surface area contributed by atoms with Crippen molar-refractivity contribution < 1.29 is 14.3 Å². The number of ketones is 1. The molecular formula is C13H16O3. The maximum absolute atomic E-state index is 11.9. The average molecular weight is 220 g/mol. The van der Waals surface area contributed by atoms with E-state index in [2.05, 4.69) is 0 Å². The Labute approximate surface area is 95.4 Å². The summed E-state index contributed by atoms with van der Waals surface area (Å²) in [4.78, 5) is 11.9. The Morgan fingerprint density at radius 1 is 1.50 bits per heavy atom. The minimum Gasteiger partial charge on any atom is -0.490 e. The van der Waals surface area contributed by atoms with Crippen molar-refractivity contribution in [3.8, 4) is 11.5 Å². The lowest BCUT2D eigenvalue weighted by Gasteiger charge is -2.23. The Bertz CT molecular complexity index is 398. The molecule has 1 aromatic carbocycles. The Balaban J connectivity index is 2.33. The van der Waals surface area contributed by atoms with Gasteiger partial charge in [0.1, 0.15) is 0 Å². The van der Waals surface area contributed by atoms with Gasteiger partial charge >= 0.3 is 0 Å². The summed E-state index contributed by atoms with van der Waals surface area (Å²) in [6, 6.07) is 5.48. The summed E-state index contributed by atoms with van der Waals surface area (Å²) < 4.78 is 11.1. The zero-order valence-corrected chi connectivity index (χ0v) is 9.66. The molecule has 0 aliphatic carbocycles. The molecule has 1 aliphatic heterocycles. The molecule has 0 amide bonds. The van der Waals surface area contributed by atoms with E-state index in [1.807, 2.05) is 26.0 Å². The second-order valence-corrected chi connectivity index (χ2v) is 4.06. The van der Waals surface area contributed by atoms with Crippen molar-refractivity contribution in [1.82, 2.24) is 0 Å². The van der Waals surface area contributed by atoms with Crippen LogP contribution in [0.4, 0.5) is 0 Å². The SMILES string of the molecule is CCCOc1cccc2c1OCC(C)C2=O. The molecule has 86 valence electrons. The number of rotatable bonds is 3. The number of hydrogen-bond acceptors (Lipinski definition) is 3. The summed E-state index contributed by atoms with van der Waals surface area (Å²) in [5, 5.41) is 0. The second-order valence-electron chi connectivity index (χ2n) is 4.06. The van der Waals surface area contributed by atoms with Gasteiger partial charge < -0.3 is 9.47 Å². The molecule has 0 saturated carbocycles. The molecule has 1 unspecified atom stereocenters. The fourth-order valence-electron chi connectivity index (χ4n) is 1.73. The Morgan fingerprint density at radius 2 is 2.31 bits per heavy atom. The number of benzene rings is 1. The summed E-state index contributed by atoms with van der Waals surface area (Å²) in [7, 11) is 0. The van der Waals surface area contributed by atoms with E-state index in [4.69, 9.17) is 9.47 Å². The van der Waals surface area contributed by atoms with Crippen LogP contribution in [0.5, 0.6) is 11.5 Å². The number of ether oxygens (including phenoxy) is 2. The molecule has 2 rings (SSSR count). The third kappa shape index (κ3) is 1.90. The second kappa shape index (κ2) is 4.56. The molecule has 1 aromatic rings. The Kier molecular flexibility index (Phi) is 3.13. The predicted molar refractivity (Wildman–Crippen MR) is 61.2 cm³/mol. The van der Waals surface area contributed by atoms with Gasteiger partial charge in [0, 0.05) is 0 Å². The highest BCUT2D eigenvalue weighted by Gasteiger charge is 2.27. The topological polar surface area (TPSA) is 35.5 Å². The number of para-hydroxylation sites is 1. The van der Waals surface area contributed by atoms with Crippen molar-refractivity contribution in [2.75, 3.05) is 13.2 Å². The van der Waals surface area contributed by atoms with Crippen molar-refractivity contribution >= 4 is 5.78 Å². The number of hydrogen-bond donors (Lipinski definition) is 0. The van der Waals surface area contributed by atoms with E-state index in [-0.39, 0.29) is 11.7 Å². The van der Waals surface area contributed by atoms with Gasteiger partial charge in [-0.25, -0.2) is 0 Å². The Hall–Kier alpha value is -1.51. The van der Waals surface area contributed by atoms with Crippen LogP contribution in [0.1, 0.15) is 30.6 Å². The highest BCUT2D eigenvalue weighted by molar-refractivity contribution is 6.01. The minimum atomic E-state index is -0.0612. The van der Waals surface area contributed by atoms with Crippen LogP contribution in [0.3, 0.4) is 0 Å². The molecule has 1 atom stereocenters. The van der Waals surface area contributed by atoms with Crippen LogP contribution in [0.15, 0.2) is 18.2 Å². The lowest BCUT2D eigenvalue weighted by molar-refractivity contribution is 0.0843. The number of fused-ring (bicyclic) bond motifs is 1. The molecule has 0 saturated heterocycles. The lowest BCUT2D eigenvalue weighted by Crippen LogP contribution is -2.25. The molecule has 0 spiro atoms. The zero-order chi connectivity index (χ0) is 11.5. The van der Waals surface area contributed by atoms with Crippen LogP contribution >= 0.6 is 0 Å². The predicted octanol–water partition coefficient (Wildman–Crippen LogP) is 2.69. The fourth-order valence-corrected chi connectivity index (χ4v) is 1.73. The van der Waals surface area contributed by atoms with E-state index >= 15 is 0 Å². The molecular weight excluding hydrogens is 204 g/mol. The summed E-state index contributed by atoms with van der Waals surface area (Å²) in [6.07, 6.45) is 0.939. The Morgan fingerprint density at radius 3 is 3.06 bits per heavy atom. The van der Waals surface area contributed by atoms with Crippen LogP contribution in [0, 0.1) is 5.92 Å². The first-order valence-electron chi connectivity index (χ1n) is 5.67. The first-order valence-corrected chi connectivity index (χ1v) is 5.67. The van der Waals surface area contributed by atoms with Crippen molar-refractivity contribution in [2.24, 2.45) is 5.92 Å². The summed E-state index contributed by atoms with van der Waals surface area (Å²) in [6.45, 7) is 5.01. The fraction of sp³-hybridized carbons (Fsp3) is 0.462. The van der Waals surface area contributed by atoms with E-state index in [1.54, 1.807) is 6.07 Å². The molecule has 0 N–H and O–H groups in total. The molecule has 0 fully saturated rings. The maximum atomic E-state index is 11.9. The van der Waals surface area contributed by atoms with Crippen molar-refractivity contribution in [3.63, 3.8) is 0 Å². The first-order chi connectivity index (χ1) is 7.74. The molecule has 1 aliphatic rings. The van der Waals surface area contributed by atoms with Crippen LogP contribution in [-0.4, -0.2) is 19.0 Å². The van der Waals surface area contributed by atoms with Gasteiger partial charge in [-0.3, -0.25) is 4.79 Å². The summed E-state index contributed by atoms with van der Waals surface area (Å²) in [5.74, 6) is 1.37. The molecule has 3 heteroatoms. The van der Waals surface area contributed by atoms with Crippen molar-refractivity contribution in [1.29, 1.82) is 0 Å². The van der Waals surface area contributed by atoms with Crippen LogP contribution < -0.4 is 9.47 Å². The quantitative estimate of drug-likeness (QED) is 0.785. The van der Waals surface area contributed by atoms with Gasteiger partial charge in [-0.05, 0) is 18.6 Å². The van der Waals surface area contributed by atoms with Crippen molar-refractivity contribution in [3.05, 3.63) is 23.8 Å². The molecule has 16 heavy (non-hydrogen) atoms. The van der Waals surface area contributed by atoms with Gasteiger partial charge in [0.15, 0.2) is 17.3 Å². The van der Waals surface area contributed by atoms with Crippen molar-refractivity contribution in [2.45, 2.75) is 20.3 Å². The van der Waals surface area contributed by atoms with E-state index in [9.17, 15) is 4.79 Å². The van der Waals surface area contributed by atoms with E-state index < -0.39 is 0 Å². The highest BCUT2D eigenvalue weighted by atomic mass is 16.5. The lowest BCUT2D eigenvalue weighted by atomic mass is 9.96. The normalized spacial score (nSPS) is 18.9. The maximum Gasteiger partial charge on any atom is 0.172 e. The molecule has 0 aromatic heterocycles. The smallest absolute Gasteiger partial charge is 0.172 e. The zero-order valence-electron chi connectivity index (χ0n) is 9.66. The summed E-state index contributed by atoms with van der Waals surface area (Å²) in [5.41, 5.74) is 0.646. The standard InChI is InChI=1S/C13H16O3/c1-3-7-15-11-6-4-5-10-12(14)9(2)8-16-13(10)11/h4-6,9H,3,7-8H2,1-2H3. The number of Topliss-reactive ketones (excluding diaryl/α,β-unsaturated/α-hetero) is 1. The largest absolute Gasteiger partial charge is 0.490 e. The highest BCUT2D eigenvalue weighted by Crippen LogP contribution is 2.36. The van der Waals surface area contributed by atoms with Gasteiger partial charge in [-0.2, -0.15) is 0 Å². The summed E-state index contributed by atoms with van der Waals surface area (Å²) >= 11 is 0. The molecule has 0 bridgehead atoms. The van der Waals surface area contributed by atoms with E-state index in [0.29, 0.717) is 30.3 Å². The van der Waals surface area contributed by atoms with E-state index in [0.717, 1.165) is 6.42 Å². The van der Waals surface area contributed by atoms with Gasteiger partial charge in [-0.15, -0.1) is 0 Å². The molecule has 0 radical (unpaired) electrons. The number of carbonyl (C=O) groups is 1. The third-order valence-corrected chi connectivity index (χ3v) is 2.63. The average Bonchev–Trinajstić information content (AvgIpc) is 2.31. The first kappa shape index (κ1) is 11.0. The van der Waals surface area contributed by atoms with Crippen LogP contribution in [0.25, 0.3) is 0 Å². The number of carbonyl (C=O) groups excluding carboxylic acids is 1. The van der Waals surface area contributed by atoms with Crippen LogP contribution in [-0.2, 0) is 0 Å². The van der Waals surface area contributed by atoms with Gasteiger partial charge in [0.25, 0.3) is 0 Å².